The quantitative estimate of drug-likeness (QED) is 0.419. The molecule has 0 aromatic carbocycles. The Labute approximate surface area is 51.1 Å². The summed E-state index contributed by atoms with van der Waals surface area (Å²) in [6.07, 6.45) is 3.36. The number of rotatable bonds is 1. The van der Waals surface area contributed by atoms with Gasteiger partial charge in [-0.05, 0) is 6.26 Å². The van der Waals surface area contributed by atoms with E-state index in [2.05, 4.69) is 10.2 Å². The van der Waals surface area contributed by atoms with Crippen LogP contribution in [0.5, 0.6) is 0 Å². The van der Waals surface area contributed by atoms with Crippen LogP contribution in [-0.2, 0) is 0 Å². The van der Waals surface area contributed by atoms with Gasteiger partial charge in [0.15, 0.2) is 0 Å². The fourth-order valence-corrected chi connectivity index (χ4v) is 0.765. The van der Waals surface area contributed by atoms with Crippen LogP contribution >= 0.6 is 11.8 Å². The van der Waals surface area contributed by atoms with Gasteiger partial charge in [0.05, 0.1) is 0 Å². The minimum absolute atomic E-state index is 0.727. The third kappa shape index (κ3) is 0.764. The van der Waals surface area contributed by atoms with Crippen molar-refractivity contribution in [3.8, 4) is 0 Å². The highest BCUT2D eigenvalue weighted by Gasteiger charge is 1.94. The van der Waals surface area contributed by atoms with Crippen LogP contribution < -0.4 is 5.84 Å². The first-order chi connectivity index (χ1) is 3.84. The van der Waals surface area contributed by atoms with E-state index in [1.54, 1.807) is 0 Å². The van der Waals surface area contributed by atoms with E-state index >= 15 is 0 Å². The van der Waals surface area contributed by atoms with Gasteiger partial charge in [-0.1, -0.05) is 11.8 Å². The van der Waals surface area contributed by atoms with Gasteiger partial charge in [-0.3, -0.25) is 0 Å². The monoisotopic (exact) mass is 130 g/mol. The molecule has 1 heterocycles. The molecule has 0 aliphatic carbocycles. The van der Waals surface area contributed by atoms with Crippen LogP contribution in [0.3, 0.4) is 0 Å². The van der Waals surface area contributed by atoms with Crippen LogP contribution in [0.25, 0.3) is 0 Å². The third-order valence-electron chi connectivity index (χ3n) is 0.723. The van der Waals surface area contributed by atoms with Crippen LogP contribution in [-0.4, -0.2) is 21.1 Å². The van der Waals surface area contributed by atoms with Gasteiger partial charge < -0.3 is 5.84 Å². The SMILES string of the molecule is CSc1nncn1N. The van der Waals surface area contributed by atoms with Gasteiger partial charge in [-0.2, -0.15) is 0 Å². The molecule has 0 aliphatic heterocycles. The summed E-state index contributed by atoms with van der Waals surface area (Å²) in [5.41, 5.74) is 0. The van der Waals surface area contributed by atoms with Crippen LogP contribution in [0.2, 0.25) is 0 Å². The molecular weight excluding hydrogens is 124 g/mol. The maximum absolute atomic E-state index is 5.32. The number of nitrogens with two attached hydrogens (primary N) is 1. The lowest BCUT2D eigenvalue weighted by Crippen LogP contribution is -2.06. The molecule has 1 aromatic heterocycles. The molecule has 0 fully saturated rings. The fraction of sp³-hybridized carbons (Fsp3) is 0.333. The van der Waals surface area contributed by atoms with Gasteiger partial charge in [0.1, 0.15) is 6.33 Å². The minimum Gasteiger partial charge on any atom is -0.336 e. The van der Waals surface area contributed by atoms with Crippen LogP contribution in [0.15, 0.2) is 11.5 Å². The van der Waals surface area contributed by atoms with E-state index in [9.17, 15) is 0 Å². The van der Waals surface area contributed by atoms with Crippen molar-refractivity contribution >= 4 is 11.8 Å². The fourth-order valence-electron chi connectivity index (χ4n) is 0.378. The van der Waals surface area contributed by atoms with Crippen LogP contribution in [0, 0.1) is 0 Å². The first kappa shape index (κ1) is 5.43. The summed E-state index contributed by atoms with van der Waals surface area (Å²) < 4.78 is 1.38. The lowest BCUT2D eigenvalue weighted by Gasteiger charge is -1.90. The molecule has 4 nitrogen and oxygen atoms in total. The van der Waals surface area contributed by atoms with E-state index in [1.165, 1.54) is 22.8 Å². The summed E-state index contributed by atoms with van der Waals surface area (Å²) in [6, 6.07) is 0. The summed E-state index contributed by atoms with van der Waals surface area (Å²) in [4.78, 5) is 0. The highest BCUT2D eigenvalue weighted by atomic mass is 32.2. The molecule has 0 radical (unpaired) electrons. The minimum atomic E-state index is 0.727. The molecule has 0 saturated heterocycles. The lowest BCUT2D eigenvalue weighted by molar-refractivity contribution is 0.848. The van der Waals surface area contributed by atoms with E-state index in [4.69, 9.17) is 5.84 Å². The molecule has 0 atom stereocenters. The van der Waals surface area contributed by atoms with Crippen molar-refractivity contribution in [3.05, 3.63) is 6.33 Å². The van der Waals surface area contributed by atoms with Gasteiger partial charge in [0, 0.05) is 0 Å². The predicted molar refractivity (Wildman–Crippen MR) is 32.0 cm³/mol. The molecule has 0 spiro atoms. The smallest absolute Gasteiger partial charge is 0.209 e. The molecule has 8 heavy (non-hydrogen) atoms. The number of nitrogen functional groups attached to an aromatic ring is 1. The Morgan fingerprint density at radius 2 is 2.62 bits per heavy atom. The molecule has 1 aromatic rings. The first-order valence-electron chi connectivity index (χ1n) is 2.03. The molecular formula is C3H6N4S. The van der Waals surface area contributed by atoms with Crippen molar-refractivity contribution < 1.29 is 0 Å². The average Bonchev–Trinajstić information content (AvgIpc) is 2.14. The van der Waals surface area contributed by atoms with Crippen molar-refractivity contribution in [2.45, 2.75) is 5.16 Å². The maximum Gasteiger partial charge on any atom is 0.209 e. The van der Waals surface area contributed by atoms with Crippen molar-refractivity contribution in [2.24, 2.45) is 0 Å². The van der Waals surface area contributed by atoms with Gasteiger partial charge in [-0.25, -0.2) is 4.68 Å². The number of hydrogen-bond donors (Lipinski definition) is 1. The van der Waals surface area contributed by atoms with E-state index in [0.717, 1.165) is 5.16 Å². The molecule has 2 N–H and O–H groups in total. The van der Waals surface area contributed by atoms with Crippen LogP contribution in [0.1, 0.15) is 0 Å². The van der Waals surface area contributed by atoms with Crippen LogP contribution in [0.4, 0.5) is 0 Å². The highest BCUT2D eigenvalue weighted by molar-refractivity contribution is 7.98. The van der Waals surface area contributed by atoms with Gasteiger partial charge >= 0.3 is 0 Å². The molecule has 44 valence electrons. The Bertz CT molecular complexity index is 172. The highest BCUT2D eigenvalue weighted by Crippen LogP contribution is 2.05. The Morgan fingerprint density at radius 3 is 2.88 bits per heavy atom. The Balaban J connectivity index is 2.92. The van der Waals surface area contributed by atoms with Crippen molar-refractivity contribution in [1.82, 2.24) is 14.9 Å². The standard InChI is InChI=1S/C3H6N4S/c1-8-3-6-5-2-7(3)4/h2H,4H2,1H3. The second-order valence-electron chi connectivity index (χ2n) is 1.22. The zero-order chi connectivity index (χ0) is 5.98. The largest absolute Gasteiger partial charge is 0.336 e. The summed E-state index contributed by atoms with van der Waals surface area (Å²) in [5, 5.41) is 7.97. The summed E-state index contributed by atoms with van der Waals surface area (Å²) in [5.74, 6) is 5.32. The van der Waals surface area contributed by atoms with Crippen molar-refractivity contribution in [1.29, 1.82) is 0 Å². The van der Waals surface area contributed by atoms with Gasteiger partial charge in [0.25, 0.3) is 0 Å². The molecule has 0 unspecified atom stereocenters. The normalized spacial score (nSPS) is 9.62. The zero-order valence-corrected chi connectivity index (χ0v) is 5.22. The molecule has 5 heteroatoms. The summed E-state index contributed by atoms with van der Waals surface area (Å²) in [7, 11) is 0. The molecule has 1 rings (SSSR count). The first-order valence-corrected chi connectivity index (χ1v) is 3.26. The Morgan fingerprint density at radius 1 is 1.88 bits per heavy atom. The Hall–Kier alpha value is -0.710. The third-order valence-corrected chi connectivity index (χ3v) is 1.38. The van der Waals surface area contributed by atoms with E-state index < -0.39 is 0 Å². The van der Waals surface area contributed by atoms with Crippen molar-refractivity contribution in [3.63, 3.8) is 0 Å². The molecule has 0 aliphatic rings. The topological polar surface area (TPSA) is 56.7 Å². The number of aromatic nitrogens is 3. The molecule has 0 amide bonds. The van der Waals surface area contributed by atoms with E-state index in [0.29, 0.717) is 0 Å². The zero-order valence-electron chi connectivity index (χ0n) is 4.40. The average molecular weight is 130 g/mol. The predicted octanol–water partition coefficient (Wildman–Crippen LogP) is -0.286. The van der Waals surface area contributed by atoms with E-state index in [-0.39, 0.29) is 0 Å². The number of thioether (sulfide) groups is 1. The maximum atomic E-state index is 5.32. The molecule has 0 saturated carbocycles. The summed E-state index contributed by atoms with van der Waals surface area (Å²) in [6.45, 7) is 0. The van der Waals surface area contributed by atoms with Gasteiger partial charge in [-0.15, -0.1) is 10.2 Å². The number of hydrogen-bond acceptors (Lipinski definition) is 4. The van der Waals surface area contributed by atoms with E-state index in [1.807, 2.05) is 6.26 Å². The second-order valence-corrected chi connectivity index (χ2v) is 2.00. The van der Waals surface area contributed by atoms with Gasteiger partial charge in [0.2, 0.25) is 5.16 Å². The number of nitrogens with zero attached hydrogens (tertiary/aromatic N) is 3. The summed E-state index contributed by atoms with van der Waals surface area (Å²) >= 11 is 1.47. The lowest BCUT2D eigenvalue weighted by atomic mass is 11.2. The van der Waals surface area contributed by atoms with Crippen molar-refractivity contribution in [2.75, 3.05) is 12.1 Å². The Kier molecular flexibility index (Phi) is 1.38. The molecule has 0 bridgehead atoms. The second kappa shape index (κ2) is 2.04.